The van der Waals surface area contributed by atoms with E-state index in [2.05, 4.69) is 9.97 Å². The quantitative estimate of drug-likeness (QED) is 0.482. The maximum atomic E-state index is 12.5. The number of pyridine rings is 2. The van der Waals surface area contributed by atoms with E-state index in [4.69, 9.17) is 9.47 Å². The van der Waals surface area contributed by atoms with Gasteiger partial charge in [0.1, 0.15) is 11.3 Å². The van der Waals surface area contributed by atoms with Crippen molar-refractivity contribution in [3.8, 4) is 11.6 Å². The summed E-state index contributed by atoms with van der Waals surface area (Å²) in [5, 5.41) is 0. The Morgan fingerprint density at radius 3 is 2.71 bits per heavy atom. The molecular weight excluding hydrogens is 356 g/mol. The Bertz CT molecular complexity index is 1020. The maximum Gasteiger partial charge on any atom is 0.344 e. The molecule has 3 aromatic rings. The molecule has 0 aliphatic heterocycles. The second-order valence-electron chi connectivity index (χ2n) is 6.48. The van der Waals surface area contributed by atoms with Crippen molar-refractivity contribution in [1.82, 2.24) is 9.97 Å². The minimum absolute atomic E-state index is 0.102. The third kappa shape index (κ3) is 3.91. The molecule has 6 heteroatoms. The smallest absolute Gasteiger partial charge is 0.344 e. The molecule has 2 aromatic heterocycles. The minimum Gasteiger partial charge on any atom is -0.454 e. The fourth-order valence-electron chi connectivity index (χ4n) is 3.18. The number of ether oxygens (including phenoxy) is 2. The average Bonchev–Trinajstić information content (AvgIpc) is 3.21. The zero-order valence-corrected chi connectivity index (χ0v) is 15.1. The van der Waals surface area contributed by atoms with Crippen LogP contribution >= 0.6 is 0 Å². The third-order valence-electron chi connectivity index (χ3n) is 4.59. The summed E-state index contributed by atoms with van der Waals surface area (Å²) in [7, 11) is 0. The lowest BCUT2D eigenvalue weighted by Gasteiger charge is -2.09. The summed E-state index contributed by atoms with van der Waals surface area (Å²) < 4.78 is 10.8. The Morgan fingerprint density at radius 1 is 1.00 bits per heavy atom. The van der Waals surface area contributed by atoms with E-state index < -0.39 is 5.97 Å². The molecule has 0 unspecified atom stereocenters. The summed E-state index contributed by atoms with van der Waals surface area (Å²) in [6.07, 6.45) is 7.80. The zero-order chi connectivity index (χ0) is 19.3. The molecule has 1 aliphatic carbocycles. The molecule has 0 bridgehead atoms. The predicted molar refractivity (Wildman–Crippen MR) is 102 cm³/mol. The van der Waals surface area contributed by atoms with Gasteiger partial charge in [-0.1, -0.05) is 12.1 Å². The van der Waals surface area contributed by atoms with E-state index in [0.29, 0.717) is 11.3 Å². The molecule has 0 saturated heterocycles. The van der Waals surface area contributed by atoms with Gasteiger partial charge in [-0.25, -0.2) is 9.78 Å². The first kappa shape index (κ1) is 17.9. The number of fused-ring (bicyclic) bond motifs is 1. The molecule has 2 heterocycles. The number of ketones is 1. The first-order valence-corrected chi connectivity index (χ1v) is 9.06. The van der Waals surface area contributed by atoms with Crippen molar-refractivity contribution in [3.63, 3.8) is 0 Å². The normalized spacial score (nSPS) is 12.3. The van der Waals surface area contributed by atoms with Gasteiger partial charge in [-0.2, -0.15) is 0 Å². The Balaban J connectivity index is 1.43. The lowest BCUT2D eigenvalue weighted by atomic mass is 10.0. The van der Waals surface area contributed by atoms with E-state index in [1.165, 1.54) is 23.5 Å². The molecule has 4 rings (SSSR count). The SMILES string of the molecule is O=C(COC(=O)c1cccnc1Oc1cccnc1)c1ccc2c(c1)CCC2. The fourth-order valence-corrected chi connectivity index (χ4v) is 3.18. The van der Waals surface area contributed by atoms with Crippen LogP contribution in [0.15, 0.2) is 61.1 Å². The number of hydrogen-bond acceptors (Lipinski definition) is 6. The summed E-state index contributed by atoms with van der Waals surface area (Å²) in [6, 6.07) is 12.2. The largest absolute Gasteiger partial charge is 0.454 e. The first-order chi connectivity index (χ1) is 13.7. The number of esters is 1. The van der Waals surface area contributed by atoms with Crippen molar-refractivity contribution in [2.45, 2.75) is 19.3 Å². The van der Waals surface area contributed by atoms with E-state index in [-0.39, 0.29) is 23.8 Å². The van der Waals surface area contributed by atoms with E-state index in [9.17, 15) is 9.59 Å². The first-order valence-electron chi connectivity index (χ1n) is 9.06. The number of carbonyl (C=O) groups excluding carboxylic acids is 2. The third-order valence-corrected chi connectivity index (χ3v) is 4.59. The van der Waals surface area contributed by atoms with Crippen LogP contribution in [-0.4, -0.2) is 28.3 Å². The van der Waals surface area contributed by atoms with E-state index in [1.54, 1.807) is 36.5 Å². The second-order valence-corrected chi connectivity index (χ2v) is 6.48. The van der Waals surface area contributed by atoms with E-state index in [1.807, 2.05) is 12.1 Å². The van der Waals surface area contributed by atoms with Gasteiger partial charge >= 0.3 is 5.97 Å². The molecule has 0 radical (unpaired) electrons. The van der Waals surface area contributed by atoms with Crippen LogP contribution in [0.1, 0.15) is 38.3 Å². The van der Waals surface area contributed by atoms with Crippen LogP contribution in [0.5, 0.6) is 11.6 Å². The van der Waals surface area contributed by atoms with Gasteiger partial charge < -0.3 is 9.47 Å². The maximum absolute atomic E-state index is 12.5. The molecular formula is C22H18N2O4. The lowest BCUT2D eigenvalue weighted by Crippen LogP contribution is -2.15. The Kier molecular flexibility index (Phi) is 5.10. The summed E-state index contributed by atoms with van der Waals surface area (Å²) in [5.74, 6) is -0.349. The molecule has 0 atom stereocenters. The number of nitrogens with zero attached hydrogens (tertiary/aromatic N) is 2. The van der Waals surface area contributed by atoms with Gasteiger partial charge in [0.25, 0.3) is 0 Å². The van der Waals surface area contributed by atoms with Crippen LogP contribution in [-0.2, 0) is 17.6 Å². The number of hydrogen-bond donors (Lipinski definition) is 0. The number of rotatable bonds is 6. The van der Waals surface area contributed by atoms with Gasteiger partial charge in [0, 0.05) is 18.0 Å². The number of aryl methyl sites for hydroxylation is 2. The van der Waals surface area contributed by atoms with Crippen LogP contribution in [0.25, 0.3) is 0 Å². The molecule has 6 nitrogen and oxygen atoms in total. The van der Waals surface area contributed by atoms with Crippen LogP contribution in [0, 0.1) is 0 Å². The van der Waals surface area contributed by atoms with Crippen LogP contribution < -0.4 is 4.74 Å². The van der Waals surface area contributed by atoms with Crippen LogP contribution in [0.4, 0.5) is 0 Å². The molecule has 0 saturated carbocycles. The molecule has 0 spiro atoms. The number of benzene rings is 1. The van der Waals surface area contributed by atoms with Crippen LogP contribution in [0.3, 0.4) is 0 Å². The molecule has 140 valence electrons. The lowest BCUT2D eigenvalue weighted by molar-refractivity contribution is 0.0471. The minimum atomic E-state index is -0.665. The van der Waals surface area contributed by atoms with Crippen LogP contribution in [0.2, 0.25) is 0 Å². The highest BCUT2D eigenvalue weighted by Gasteiger charge is 2.19. The summed E-state index contributed by atoms with van der Waals surface area (Å²) in [5.41, 5.74) is 3.21. The second kappa shape index (κ2) is 8.00. The Labute approximate surface area is 162 Å². The zero-order valence-electron chi connectivity index (χ0n) is 15.1. The monoisotopic (exact) mass is 374 g/mol. The molecule has 0 N–H and O–H groups in total. The van der Waals surface area contributed by atoms with Gasteiger partial charge in [0.15, 0.2) is 12.4 Å². The van der Waals surface area contributed by atoms with E-state index >= 15 is 0 Å². The fraction of sp³-hybridized carbons (Fsp3) is 0.182. The van der Waals surface area contributed by atoms with Crippen molar-refractivity contribution in [2.24, 2.45) is 0 Å². The molecule has 0 fully saturated rings. The number of Topliss-reactive ketones (excluding diaryl/α,β-unsaturated/α-hetero) is 1. The van der Waals surface area contributed by atoms with Gasteiger partial charge in [-0.3, -0.25) is 9.78 Å². The van der Waals surface area contributed by atoms with Gasteiger partial charge in [0.05, 0.1) is 6.20 Å². The van der Waals surface area contributed by atoms with Gasteiger partial charge in [-0.15, -0.1) is 0 Å². The average molecular weight is 374 g/mol. The number of aromatic nitrogens is 2. The molecule has 0 amide bonds. The standard InChI is InChI=1S/C22H18N2O4/c25-20(17-9-8-15-4-1-5-16(15)12-17)14-27-22(26)19-7-3-11-24-21(19)28-18-6-2-10-23-13-18/h2-3,6-13H,1,4-5,14H2. The predicted octanol–water partition coefficient (Wildman–Crippen LogP) is 3.80. The topological polar surface area (TPSA) is 78.4 Å². The summed E-state index contributed by atoms with van der Waals surface area (Å²) >= 11 is 0. The molecule has 1 aromatic carbocycles. The molecule has 28 heavy (non-hydrogen) atoms. The molecule has 1 aliphatic rings. The van der Waals surface area contributed by atoms with Crippen molar-refractivity contribution in [1.29, 1.82) is 0 Å². The Morgan fingerprint density at radius 2 is 1.86 bits per heavy atom. The van der Waals surface area contributed by atoms with E-state index in [0.717, 1.165) is 19.3 Å². The van der Waals surface area contributed by atoms with Crippen molar-refractivity contribution in [2.75, 3.05) is 6.61 Å². The number of carbonyl (C=O) groups is 2. The van der Waals surface area contributed by atoms with Crippen molar-refractivity contribution >= 4 is 11.8 Å². The van der Waals surface area contributed by atoms with Gasteiger partial charge in [0.2, 0.25) is 5.88 Å². The van der Waals surface area contributed by atoms with Crippen molar-refractivity contribution < 1.29 is 19.1 Å². The van der Waals surface area contributed by atoms with Crippen molar-refractivity contribution in [3.05, 3.63) is 83.3 Å². The highest BCUT2D eigenvalue weighted by atomic mass is 16.5. The summed E-state index contributed by atoms with van der Waals surface area (Å²) in [6.45, 7) is -0.334. The highest BCUT2D eigenvalue weighted by Crippen LogP contribution is 2.24. The Hall–Kier alpha value is -3.54. The van der Waals surface area contributed by atoms with Gasteiger partial charge in [-0.05, 0) is 60.7 Å². The highest BCUT2D eigenvalue weighted by molar-refractivity contribution is 6.00. The summed E-state index contributed by atoms with van der Waals surface area (Å²) in [4.78, 5) is 32.9.